The Hall–Kier alpha value is -0.740. The molecule has 1 aromatic carbocycles. The Kier molecular flexibility index (Phi) is 5.63. The number of hydrogen-bond acceptors (Lipinski definition) is 2. The third-order valence-corrected chi connectivity index (χ3v) is 3.74. The van der Waals surface area contributed by atoms with Crippen molar-refractivity contribution in [3.63, 3.8) is 0 Å². The van der Waals surface area contributed by atoms with Crippen molar-refractivity contribution in [1.29, 1.82) is 0 Å². The molecule has 0 saturated heterocycles. The molecule has 1 aromatic rings. The van der Waals surface area contributed by atoms with Crippen molar-refractivity contribution in [2.45, 2.75) is 6.92 Å². The summed E-state index contributed by atoms with van der Waals surface area (Å²) < 4.78 is 1.05. The molecule has 1 amide bonds. The van der Waals surface area contributed by atoms with Gasteiger partial charge in [-0.3, -0.25) is 4.79 Å². The van der Waals surface area contributed by atoms with Gasteiger partial charge in [-0.1, -0.05) is 22.0 Å². The van der Waals surface area contributed by atoms with Crippen molar-refractivity contribution in [2.24, 2.45) is 0 Å². The molecular weight excluding hydrogens is 286 g/mol. The number of carbonyl (C=O) groups is 1. The molecule has 2 nitrogen and oxygen atoms in total. The predicted molar refractivity (Wildman–Crippen MR) is 75.0 cm³/mol. The van der Waals surface area contributed by atoms with Crippen LogP contribution in [0.15, 0.2) is 35.3 Å². The third-order valence-electron chi connectivity index (χ3n) is 1.91. The van der Waals surface area contributed by atoms with Gasteiger partial charge in [0.1, 0.15) is 0 Å². The average molecular weight is 300 g/mol. The summed E-state index contributed by atoms with van der Waals surface area (Å²) in [5.74, 6) is 1.28. The van der Waals surface area contributed by atoms with Crippen LogP contribution in [0, 0.1) is 6.92 Å². The van der Waals surface area contributed by atoms with E-state index >= 15 is 0 Å². The number of hydrogen-bond donors (Lipinski definition) is 1. The van der Waals surface area contributed by atoms with Crippen molar-refractivity contribution >= 4 is 39.3 Å². The molecule has 0 aliphatic heterocycles. The van der Waals surface area contributed by atoms with Crippen LogP contribution < -0.4 is 5.32 Å². The quantitative estimate of drug-likeness (QED) is 0.665. The maximum atomic E-state index is 11.5. The Morgan fingerprint density at radius 1 is 1.62 bits per heavy atom. The van der Waals surface area contributed by atoms with E-state index in [1.165, 1.54) is 0 Å². The number of amides is 1. The first-order valence-corrected chi connectivity index (χ1v) is 6.83. The Bertz CT molecular complexity index is 393. The Morgan fingerprint density at radius 3 is 3.00 bits per heavy atom. The fraction of sp³-hybridized carbons (Fsp3) is 0.250. The molecule has 16 heavy (non-hydrogen) atoms. The molecule has 1 rings (SSSR count). The molecule has 0 atom stereocenters. The molecule has 0 heterocycles. The first kappa shape index (κ1) is 13.3. The second-order valence-electron chi connectivity index (χ2n) is 3.32. The summed E-state index contributed by atoms with van der Waals surface area (Å²) >= 11 is 4.97. The molecule has 0 radical (unpaired) electrons. The van der Waals surface area contributed by atoms with Crippen LogP contribution >= 0.6 is 27.7 Å². The highest BCUT2D eigenvalue weighted by Crippen LogP contribution is 2.20. The van der Waals surface area contributed by atoms with E-state index < -0.39 is 0 Å². The predicted octanol–water partition coefficient (Wildman–Crippen LogP) is 3.62. The lowest BCUT2D eigenvalue weighted by atomic mass is 10.2. The highest BCUT2D eigenvalue weighted by atomic mass is 79.9. The van der Waals surface area contributed by atoms with Crippen molar-refractivity contribution < 1.29 is 4.79 Å². The topological polar surface area (TPSA) is 29.1 Å². The summed E-state index contributed by atoms with van der Waals surface area (Å²) in [4.78, 5) is 11.5. The molecule has 86 valence electrons. The molecule has 1 N–H and O–H groups in total. The van der Waals surface area contributed by atoms with Gasteiger partial charge >= 0.3 is 0 Å². The molecule has 0 aromatic heterocycles. The standard InChI is InChI=1S/C12H14BrNOS/c1-3-6-16-8-12(15)14-10-4-5-11(13)9(2)7-10/h3-5,7H,1,6,8H2,2H3,(H,14,15). The lowest BCUT2D eigenvalue weighted by Gasteiger charge is -2.06. The number of benzene rings is 1. The van der Waals surface area contributed by atoms with Crippen LogP contribution in [0.25, 0.3) is 0 Å². The Balaban J connectivity index is 2.49. The summed E-state index contributed by atoms with van der Waals surface area (Å²) in [6.45, 7) is 5.60. The number of carbonyl (C=O) groups excluding carboxylic acids is 1. The first-order chi connectivity index (χ1) is 7.63. The SMILES string of the molecule is C=CCSCC(=O)Nc1ccc(Br)c(C)c1. The van der Waals surface area contributed by atoms with E-state index in [1.807, 2.05) is 25.1 Å². The van der Waals surface area contributed by atoms with Crippen LogP contribution in [0.3, 0.4) is 0 Å². The molecule has 0 saturated carbocycles. The van der Waals surface area contributed by atoms with E-state index in [9.17, 15) is 4.79 Å². The summed E-state index contributed by atoms with van der Waals surface area (Å²) in [6, 6.07) is 5.76. The zero-order chi connectivity index (χ0) is 12.0. The zero-order valence-corrected chi connectivity index (χ0v) is 11.5. The minimum absolute atomic E-state index is 0.0218. The summed E-state index contributed by atoms with van der Waals surface area (Å²) in [6.07, 6.45) is 1.79. The fourth-order valence-electron chi connectivity index (χ4n) is 1.15. The van der Waals surface area contributed by atoms with E-state index in [0.29, 0.717) is 5.75 Å². The van der Waals surface area contributed by atoms with Gasteiger partial charge in [0.25, 0.3) is 0 Å². The highest BCUT2D eigenvalue weighted by molar-refractivity contribution is 9.10. The molecule has 0 aliphatic carbocycles. The van der Waals surface area contributed by atoms with Gasteiger partial charge in [-0.05, 0) is 30.7 Å². The van der Waals surface area contributed by atoms with E-state index in [4.69, 9.17) is 0 Å². The Morgan fingerprint density at radius 2 is 2.38 bits per heavy atom. The van der Waals surface area contributed by atoms with Crippen LogP contribution in [0.4, 0.5) is 5.69 Å². The van der Waals surface area contributed by atoms with E-state index in [1.54, 1.807) is 17.8 Å². The monoisotopic (exact) mass is 299 g/mol. The number of aryl methyl sites for hydroxylation is 1. The molecular formula is C12H14BrNOS. The Labute approximate surface area is 109 Å². The first-order valence-electron chi connectivity index (χ1n) is 4.88. The number of rotatable bonds is 5. The van der Waals surface area contributed by atoms with Crippen LogP contribution in [0.2, 0.25) is 0 Å². The molecule has 0 bridgehead atoms. The van der Waals surface area contributed by atoms with Gasteiger partial charge in [0, 0.05) is 15.9 Å². The summed E-state index contributed by atoms with van der Waals surface area (Å²) in [7, 11) is 0. The van der Waals surface area contributed by atoms with Crippen LogP contribution in [0.1, 0.15) is 5.56 Å². The fourth-order valence-corrected chi connectivity index (χ4v) is 1.94. The van der Waals surface area contributed by atoms with Gasteiger partial charge in [0.05, 0.1) is 5.75 Å². The number of nitrogens with one attached hydrogen (secondary N) is 1. The highest BCUT2D eigenvalue weighted by Gasteiger charge is 2.03. The molecule has 0 fully saturated rings. The average Bonchev–Trinajstić information content (AvgIpc) is 2.24. The lowest BCUT2D eigenvalue weighted by molar-refractivity contribution is -0.113. The minimum atomic E-state index is 0.0218. The van der Waals surface area contributed by atoms with Crippen LogP contribution in [0.5, 0.6) is 0 Å². The van der Waals surface area contributed by atoms with Crippen molar-refractivity contribution in [3.8, 4) is 0 Å². The number of anilines is 1. The van der Waals surface area contributed by atoms with Gasteiger partial charge in [-0.25, -0.2) is 0 Å². The van der Waals surface area contributed by atoms with E-state index in [-0.39, 0.29) is 5.91 Å². The van der Waals surface area contributed by atoms with Gasteiger partial charge in [0.15, 0.2) is 0 Å². The smallest absolute Gasteiger partial charge is 0.234 e. The van der Waals surface area contributed by atoms with Crippen LogP contribution in [-0.4, -0.2) is 17.4 Å². The van der Waals surface area contributed by atoms with Crippen molar-refractivity contribution in [2.75, 3.05) is 16.8 Å². The third kappa shape index (κ3) is 4.41. The van der Waals surface area contributed by atoms with Crippen molar-refractivity contribution in [3.05, 3.63) is 40.9 Å². The lowest BCUT2D eigenvalue weighted by Crippen LogP contribution is -2.14. The summed E-state index contributed by atoms with van der Waals surface area (Å²) in [5, 5.41) is 2.85. The molecule has 4 heteroatoms. The van der Waals surface area contributed by atoms with E-state index in [0.717, 1.165) is 21.5 Å². The van der Waals surface area contributed by atoms with Crippen LogP contribution in [-0.2, 0) is 4.79 Å². The second kappa shape index (κ2) is 6.76. The number of thioether (sulfide) groups is 1. The maximum absolute atomic E-state index is 11.5. The second-order valence-corrected chi connectivity index (χ2v) is 5.20. The normalized spacial score (nSPS) is 9.88. The van der Waals surface area contributed by atoms with Gasteiger partial charge < -0.3 is 5.32 Å². The van der Waals surface area contributed by atoms with E-state index in [2.05, 4.69) is 27.8 Å². The maximum Gasteiger partial charge on any atom is 0.234 e. The summed E-state index contributed by atoms with van der Waals surface area (Å²) in [5.41, 5.74) is 1.95. The molecule has 0 aliphatic rings. The minimum Gasteiger partial charge on any atom is -0.325 e. The van der Waals surface area contributed by atoms with Gasteiger partial charge in [-0.15, -0.1) is 18.3 Å². The largest absolute Gasteiger partial charge is 0.325 e. The zero-order valence-electron chi connectivity index (χ0n) is 9.13. The number of halogens is 1. The van der Waals surface area contributed by atoms with Gasteiger partial charge in [-0.2, -0.15) is 0 Å². The molecule has 0 unspecified atom stereocenters. The van der Waals surface area contributed by atoms with Gasteiger partial charge in [0.2, 0.25) is 5.91 Å². The molecule has 0 spiro atoms. The van der Waals surface area contributed by atoms with Crippen molar-refractivity contribution in [1.82, 2.24) is 0 Å².